The molecule has 0 unspecified atom stereocenters. The molecule has 3 aromatic carbocycles. The summed E-state index contributed by atoms with van der Waals surface area (Å²) in [6.45, 7) is 4.77. The number of carbonyl (C=O) groups excluding carboxylic acids is 1. The molecule has 1 aliphatic heterocycles. The van der Waals surface area contributed by atoms with Gasteiger partial charge in [-0.25, -0.2) is 8.42 Å². The average Bonchev–Trinajstić information content (AvgIpc) is 2.93. The van der Waals surface area contributed by atoms with E-state index < -0.39 is 10.0 Å². The third-order valence-electron chi connectivity index (χ3n) is 6.18. The van der Waals surface area contributed by atoms with Gasteiger partial charge in [0.05, 0.1) is 42.1 Å². The molecule has 0 radical (unpaired) electrons. The maximum atomic E-state index is 13.3. The Hall–Kier alpha value is -3.63. The topological polar surface area (TPSA) is 97.4 Å². The van der Waals surface area contributed by atoms with Gasteiger partial charge in [-0.2, -0.15) is 0 Å². The summed E-state index contributed by atoms with van der Waals surface area (Å²) in [5, 5.41) is 0.220. The molecule has 0 aliphatic carbocycles. The van der Waals surface area contributed by atoms with Crippen molar-refractivity contribution in [2.45, 2.75) is 11.8 Å². The third-order valence-corrected chi connectivity index (χ3v) is 7.84. The number of sulfonamides is 1. The lowest BCUT2D eigenvalue weighted by Crippen LogP contribution is -2.48. The van der Waals surface area contributed by atoms with E-state index in [1.54, 1.807) is 17.0 Å². The molecule has 1 amide bonds. The normalized spacial score (nSPS) is 13.7. The molecule has 9 nitrogen and oxygen atoms in total. The van der Waals surface area contributed by atoms with Crippen molar-refractivity contribution < 1.29 is 27.4 Å². The SMILES string of the molecule is CCOc1ccccc1N1CCN(C(=O)c2cccc(S(=O)(=O)Nc3cc(Cl)c(OC)cc3OC)c2)CC1. The number of piperazine rings is 1. The molecule has 4 rings (SSSR count). The van der Waals surface area contributed by atoms with Crippen LogP contribution in [0.5, 0.6) is 17.2 Å². The monoisotopic (exact) mass is 559 g/mol. The molecule has 1 saturated heterocycles. The van der Waals surface area contributed by atoms with Crippen LogP contribution in [-0.2, 0) is 10.0 Å². The minimum atomic E-state index is -4.05. The Morgan fingerprint density at radius 2 is 1.63 bits per heavy atom. The molecule has 0 aromatic heterocycles. The highest BCUT2D eigenvalue weighted by Gasteiger charge is 2.25. The average molecular weight is 560 g/mol. The quantitative estimate of drug-likeness (QED) is 0.412. The van der Waals surface area contributed by atoms with Crippen molar-refractivity contribution in [3.63, 3.8) is 0 Å². The molecular weight excluding hydrogens is 530 g/mol. The number of para-hydroxylation sites is 2. The molecule has 0 atom stereocenters. The number of methoxy groups -OCH3 is 2. The number of carbonyl (C=O) groups is 1. The van der Waals surface area contributed by atoms with Gasteiger partial charge in [-0.05, 0) is 43.3 Å². The molecule has 1 fully saturated rings. The van der Waals surface area contributed by atoms with Crippen molar-refractivity contribution in [1.82, 2.24) is 4.90 Å². The summed E-state index contributed by atoms with van der Waals surface area (Å²) in [6, 6.07) is 16.7. The van der Waals surface area contributed by atoms with Crippen LogP contribution in [0.3, 0.4) is 0 Å². The first-order valence-electron chi connectivity index (χ1n) is 12.1. The van der Waals surface area contributed by atoms with Crippen molar-refractivity contribution in [3.8, 4) is 17.2 Å². The second-order valence-electron chi connectivity index (χ2n) is 8.50. The molecule has 202 valence electrons. The molecule has 3 aromatic rings. The summed E-state index contributed by atoms with van der Waals surface area (Å²) in [4.78, 5) is 17.1. The van der Waals surface area contributed by atoms with Crippen molar-refractivity contribution in [2.75, 3.05) is 56.6 Å². The fraction of sp³-hybridized carbons (Fsp3) is 0.296. The molecule has 38 heavy (non-hydrogen) atoms. The van der Waals surface area contributed by atoms with Crippen LogP contribution in [-0.4, -0.2) is 66.2 Å². The lowest BCUT2D eigenvalue weighted by molar-refractivity contribution is 0.0746. The van der Waals surface area contributed by atoms with E-state index in [0.29, 0.717) is 38.5 Å². The Labute approximate surface area is 227 Å². The smallest absolute Gasteiger partial charge is 0.262 e. The molecule has 0 spiro atoms. The summed E-state index contributed by atoms with van der Waals surface area (Å²) < 4.78 is 45.1. The summed E-state index contributed by atoms with van der Waals surface area (Å²) in [5.74, 6) is 1.17. The van der Waals surface area contributed by atoms with Gasteiger partial charge in [0.2, 0.25) is 0 Å². The van der Waals surface area contributed by atoms with E-state index in [9.17, 15) is 13.2 Å². The predicted octanol–water partition coefficient (Wildman–Crippen LogP) is 4.52. The van der Waals surface area contributed by atoms with E-state index in [2.05, 4.69) is 9.62 Å². The zero-order chi connectivity index (χ0) is 27.3. The van der Waals surface area contributed by atoms with Crippen LogP contribution in [0.4, 0.5) is 11.4 Å². The lowest BCUT2D eigenvalue weighted by Gasteiger charge is -2.36. The fourth-order valence-electron chi connectivity index (χ4n) is 4.27. The first kappa shape index (κ1) is 27.4. The number of rotatable bonds is 9. The number of nitrogens with one attached hydrogen (secondary N) is 1. The van der Waals surface area contributed by atoms with E-state index in [-0.39, 0.29) is 32.8 Å². The van der Waals surface area contributed by atoms with Gasteiger partial charge in [0.15, 0.2) is 0 Å². The molecule has 11 heteroatoms. The first-order valence-corrected chi connectivity index (χ1v) is 13.9. The summed E-state index contributed by atoms with van der Waals surface area (Å²) in [7, 11) is -1.18. The molecule has 0 bridgehead atoms. The van der Waals surface area contributed by atoms with E-state index in [1.807, 2.05) is 31.2 Å². The Kier molecular flexibility index (Phi) is 8.53. The largest absolute Gasteiger partial charge is 0.495 e. The van der Waals surface area contributed by atoms with Gasteiger partial charge in [-0.3, -0.25) is 9.52 Å². The summed E-state index contributed by atoms with van der Waals surface area (Å²) in [6.07, 6.45) is 0. The van der Waals surface area contributed by atoms with Crippen LogP contribution >= 0.6 is 11.6 Å². The van der Waals surface area contributed by atoms with Crippen molar-refractivity contribution >= 4 is 38.9 Å². The molecule has 0 saturated carbocycles. The number of ether oxygens (including phenoxy) is 3. The molecular formula is C27H30ClN3O6S. The van der Waals surface area contributed by atoms with Gasteiger partial charge in [0.1, 0.15) is 17.2 Å². The number of hydrogen-bond acceptors (Lipinski definition) is 7. The lowest BCUT2D eigenvalue weighted by atomic mass is 10.1. The van der Waals surface area contributed by atoms with Crippen molar-refractivity contribution in [1.29, 1.82) is 0 Å². The van der Waals surface area contributed by atoms with E-state index in [0.717, 1.165) is 11.4 Å². The van der Waals surface area contributed by atoms with Gasteiger partial charge >= 0.3 is 0 Å². The second kappa shape index (κ2) is 11.8. The van der Waals surface area contributed by atoms with Crippen LogP contribution in [0.1, 0.15) is 17.3 Å². The minimum Gasteiger partial charge on any atom is -0.495 e. The standard InChI is InChI=1S/C27H30ClN3O6S/c1-4-37-24-11-6-5-10-23(24)30-12-14-31(15-13-30)27(32)19-8-7-9-20(16-19)38(33,34)29-22-17-21(28)25(35-2)18-26(22)36-3/h5-11,16-18,29H,4,12-15H2,1-3H3. The number of halogens is 1. The molecule has 1 N–H and O–H groups in total. The zero-order valence-electron chi connectivity index (χ0n) is 21.4. The van der Waals surface area contributed by atoms with E-state index >= 15 is 0 Å². The van der Waals surface area contributed by atoms with Crippen molar-refractivity contribution in [3.05, 3.63) is 71.2 Å². The van der Waals surface area contributed by atoms with E-state index in [4.69, 9.17) is 25.8 Å². The van der Waals surface area contributed by atoms with Crippen LogP contribution in [0, 0.1) is 0 Å². The van der Waals surface area contributed by atoms with Crippen LogP contribution in [0.2, 0.25) is 5.02 Å². The molecule has 1 aliphatic rings. The molecule has 1 heterocycles. The van der Waals surface area contributed by atoms with E-state index in [1.165, 1.54) is 38.5 Å². The summed E-state index contributed by atoms with van der Waals surface area (Å²) >= 11 is 6.18. The fourth-order valence-corrected chi connectivity index (χ4v) is 5.62. The van der Waals surface area contributed by atoms with Crippen LogP contribution in [0.15, 0.2) is 65.6 Å². The first-order chi connectivity index (χ1) is 18.3. The summed E-state index contributed by atoms with van der Waals surface area (Å²) in [5.41, 5.74) is 1.43. The Bertz CT molecular complexity index is 1410. The Morgan fingerprint density at radius 3 is 2.32 bits per heavy atom. The van der Waals surface area contributed by atoms with Crippen LogP contribution in [0.25, 0.3) is 0 Å². The van der Waals surface area contributed by atoms with Crippen molar-refractivity contribution in [2.24, 2.45) is 0 Å². The van der Waals surface area contributed by atoms with Gasteiger partial charge in [-0.15, -0.1) is 0 Å². The minimum absolute atomic E-state index is 0.0541. The van der Waals surface area contributed by atoms with Gasteiger partial charge in [0, 0.05) is 37.8 Å². The number of amides is 1. The number of hydrogen-bond donors (Lipinski definition) is 1. The second-order valence-corrected chi connectivity index (χ2v) is 10.6. The number of nitrogens with zero attached hydrogens (tertiary/aromatic N) is 2. The highest BCUT2D eigenvalue weighted by Crippen LogP contribution is 2.37. The maximum Gasteiger partial charge on any atom is 0.262 e. The van der Waals surface area contributed by atoms with Gasteiger partial charge in [0.25, 0.3) is 15.9 Å². The Morgan fingerprint density at radius 1 is 0.921 bits per heavy atom. The third kappa shape index (κ3) is 5.92. The highest BCUT2D eigenvalue weighted by molar-refractivity contribution is 7.92. The Balaban J connectivity index is 1.48. The predicted molar refractivity (Wildman–Crippen MR) is 148 cm³/mol. The van der Waals surface area contributed by atoms with Gasteiger partial charge < -0.3 is 24.0 Å². The van der Waals surface area contributed by atoms with Crippen LogP contribution < -0.4 is 23.8 Å². The number of benzene rings is 3. The number of anilines is 2. The zero-order valence-corrected chi connectivity index (χ0v) is 23.0. The highest BCUT2D eigenvalue weighted by atomic mass is 35.5. The van der Waals surface area contributed by atoms with Gasteiger partial charge in [-0.1, -0.05) is 29.8 Å². The maximum absolute atomic E-state index is 13.3.